The molecule has 2 aromatic heterocycles. The maximum Gasteiger partial charge on any atom is 0.227 e. The summed E-state index contributed by atoms with van der Waals surface area (Å²) in [6, 6.07) is 0. The first kappa shape index (κ1) is 16.6. The maximum atomic E-state index is 12.2. The quantitative estimate of drug-likeness (QED) is 0.817. The Morgan fingerprint density at radius 3 is 2.96 bits per heavy atom. The van der Waals surface area contributed by atoms with Crippen molar-refractivity contribution in [2.45, 2.75) is 50.9 Å². The highest BCUT2D eigenvalue weighted by Gasteiger charge is 2.28. The highest BCUT2D eigenvalue weighted by atomic mass is 32.1. The van der Waals surface area contributed by atoms with Crippen molar-refractivity contribution in [3.05, 3.63) is 16.7 Å². The number of amides is 1. The van der Waals surface area contributed by atoms with Gasteiger partial charge in [-0.1, -0.05) is 11.3 Å². The third-order valence-corrected chi connectivity index (χ3v) is 5.76. The smallest absolute Gasteiger partial charge is 0.227 e. The van der Waals surface area contributed by atoms with E-state index in [4.69, 9.17) is 0 Å². The molecule has 0 unspecified atom stereocenters. The molecular weight excluding hydrogens is 338 g/mol. The summed E-state index contributed by atoms with van der Waals surface area (Å²) in [5.41, 5.74) is 0. The van der Waals surface area contributed by atoms with Gasteiger partial charge in [0.25, 0.3) is 0 Å². The largest absolute Gasteiger partial charge is 0.302 e. The number of hydrogen-bond acceptors (Lipinski definition) is 7. The maximum absolute atomic E-state index is 12.2. The molecule has 2 aliphatic rings. The average Bonchev–Trinajstić information content (AvgIpc) is 3.21. The molecule has 9 heteroatoms. The summed E-state index contributed by atoms with van der Waals surface area (Å²) < 4.78 is 0. The lowest BCUT2D eigenvalue weighted by Crippen LogP contribution is -2.36. The molecule has 2 N–H and O–H groups in total. The SMILES string of the molecule is Cc1nc([C@@H]2CCCN(CCC(=O)Nc3nnc(C4CC4)s3)C2)n[nH]1. The van der Waals surface area contributed by atoms with Gasteiger partial charge in [0, 0.05) is 31.3 Å². The van der Waals surface area contributed by atoms with Crippen LogP contribution in [0.5, 0.6) is 0 Å². The van der Waals surface area contributed by atoms with E-state index >= 15 is 0 Å². The first-order valence-corrected chi connectivity index (χ1v) is 9.73. The van der Waals surface area contributed by atoms with Crippen molar-refractivity contribution < 1.29 is 4.79 Å². The average molecular weight is 361 g/mol. The van der Waals surface area contributed by atoms with Crippen LogP contribution in [0.25, 0.3) is 0 Å². The number of aromatic nitrogens is 5. The second-order valence-corrected chi connectivity index (χ2v) is 7.95. The third kappa shape index (κ3) is 4.21. The Labute approximate surface area is 150 Å². The monoisotopic (exact) mass is 361 g/mol. The summed E-state index contributed by atoms with van der Waals surface area (Å²) in [4.78, 5) is 19.0. The summed E-state index contributed by atoms with van der Waals surface area (Å²) >= 11 is 1.51. The molecule has 1 saturated carbocycles. The second kappa shape index (κ2) is 7.17. The Bertz CT molecular complexity index is 738. The predicted octanol–water partition coefficient (Wildman–Crippen LogP) is 2.05. The zero-order chi connectivity index (χ0) is 17.2. The van der Waals surface area contributed by atoms with Crippen molar-refractivity contribution in [2.75, 3.05) is 25.0 Å². The topological polar surface area (TPSA) is 99.7 Å². The van der Waals surface area contributed by atoms with Crippen LogP contribution in [0.15, 0.2) is 0 Å². The Morgan fingerprint density at radius 2 is 2.20 bits per heavy atom. The molecule has 0 aromatic carbocycles. The number of aryl methyl sites for hydroxylation is 1. The lowest BCUT2D eigenvalue weighted by molar-refractivity contribution is -0.116. The van der Waals surface area contributed by atoms with Crippen LogP contribution in [0, 0.1) is 6.92 Å². The van der Waals surface area contributed by atoms with Crippen LogP contribution in [-0.2, 0) is 4.79 Å². The van der Waals surface area contributed by atoms with Crippen LogP contribution in [0.4, 0.5) is 5.13 Å². The van der Waals surface area contributed by atoms with Gasteiger partial charge >= 0.3 is 0 Å². The number of carbonyl (C=O) groups is 1. The number of H-pyrrole nitrogens is 1. The number of aromatic amines is 1. The van der Waals surface area contributed by atoms with E-state index in [0.717, 1.165) is 49.1 Å². The Kier molecular flexibility index (Phi) is 4.76. The molecule has 1 amide bonds. The minimum atomic E-state index is 0.00867. The Hall–Kier alpha value is -1.87. The van der Waals surface area contributed by atoms with Gasteiger partial charge in [-0.15, -0.1) is 10.2 Å². The first-order chi connectivity index (χ1) is 12.2. The standard InChI is InChI=1S/C16H23N7OS/c1-10-17-14(20-19-10)12-3-2-7-23(9-12)8-6-13(24)18-16-22-21-15(25-16)11-4-5-11/h11-12H,2-9H2,1H3,(H,17,19,20)(H,18,22,24)/t12-/m1/s1. The van der Waals surface area contributed by atoms with E-state index in [0.29, 0.717) is 23.4 Å². The summed E-state index contributed by atoms with van der Waals surface area (Å²) in [6.45, 7) is 4.61. The molecule has 25 heavy (non-hydrogen) atoms. The van der Waals surface area contributed by atoms with Crippen molar-refractivity contribution in [1.29, 1.82) is 0 Å². The lowest BCUT2D eigenvalue weighted by Gasteiger charge is -2.31. The lowest BCUT2D eigenvalue weighted by atomic mass is 9.97. The highest BCUT2D eigenvalue weighted by molar-refractivity contribution is 7.15. The van der Waals surface area contributed by atoms with Crippen LogP contribution < -0.4 is 5.32 Å². The zero-order valence-corrected chi connectivity index (χ0v) is 15.2. The summed E-state index contributed by atoms with van der Waals surface area (Å²) in [7, 11) is 0. The number of rotatable bonds is 6. The van der Waals surface area contributed by atoms with Crippen molar-refractivity contribution in [3.8, 4) is 0 Å². The molecule has 3 heterocycles. The molecule has 134 valence electrons. The van der Waals surface area contributed by atoms with Crippen LogP contribution in [0.2, 0.25) is 0 Å². The van der Waals surface area contributed by atoms with E-state index in [-0.39, 0.29) is 5.91 Å². The van der Waals surface area contributed by atoms with Gasteiger partial charge in [0.2, 0.25) is 11.0 Å². The van der Waals surface area contributed by atoms with Crippen LogP contribution in [0.1, 0.15) is 60.6 Å². The fraction of sp³-hybridized carbons (Fsp3) is 0.688. The van der Waals surface area contributed by atoms with E-state index in [1.165, 1.54) is 24.2 Å². The fourth-order valence-corrected chi connectivity index (χ4v) is 4.16. The second-order valence-electron chi connectivity index (χ2n) is 6.94. The number of anilines is 1. The molecule has 1 aliphatic carbocycles. The fourth-order valence-electron chi connectivity index (χ4n) is 3.23. The van der Waals surface area contributed by atoms with Crippen LogP contribution >= 0.6 is 11.3 Å². The van der Waals surface area contributed by atoms with Gasteiger partial charge in [-0.25, -0.2) is 4.98 Å². The Balaban J connectivity index is 1.24. The zero-order valence-electron chi connectivity index (χ0n) is 14.4. The molecule has 4 rings (SSSR count). The van der Waals surface area contributed by atoms with Gasteiger partial charge in [0.15, 0.2) is 5.82 Å². The summed E-state index contributed by atoms with van der Waals surface area (Å²) in [6.07, 6.45) is 5.08. The van der Waals surface area contributed by atoms with Crippen molar-refractivity contribution in [2.24, 2.45) is 0 Å². The van der Waals surface area contributed by atoms with E-state index in [1.54, 1.807) is 0 Å². The van der Waals surface area contributed by atoms with E-state index < -0.39 is 0 Å². The molecule has 2 aromatic rings. The number of piperidine rings is 1. The summed E-state index contributed by atoms with van der Waals surface area (Å²) in [5.74, 6) is 2.69. The van der Waals surface area contributed by atoms with Gasteiger partial charge in [0.05, 0.1) is 0 Å². The van der Waals surface area contributed by atoms with Crippen molar-refractivity contribution in [3.63, 3.8) is 0 Å². The predicted molar refractivity (Wildman–Crippen MR) is 94.7 cm³/mol. The van der Waals surface area contributed by atoms with E-state index in [2.05, 4.69) is 35.6 Å². The minimum absolute atomic E-state index is 0.00867. The normalized spacial score (nSPS) is 21.4. The molecule has 0 radical (unpaired) electrons. The van der Waals surface area contributed by atoms with Crippen molar-refractivity contribution >= 4 is 22.4 Å². The molecular formula is C16H23N7OS. The third-order valence-electron chi connectivity index (χ3n) is 4.75. The van der Waals surface area contributed by atoms with E-state index in [9.17, 15) is 4.79 Å². The molecule has 0 bridgehead atoms. The number of nitrogens with one attached hydrogen (secondary N) is 2. The number of nitrogens with zero attached hydrogens (tertiary/aromatic N) is 5. The molecule has 1 aliphatic heterocycles. The van der Waals surface area contributed by atoms with Gasteiger partial charge in [-0.2, -0.15) is 5.10 Å². The minimum Gasteiger partial charge on any atom is -0.302 e. The molecule has 0 spiro atoms. The van der Waals surface area contributed by atoms with Gasteiger partial charge in [0.1, 0.15) is 10.8 Å². The summed E-state index contributed by atoms with van der Waals surface area (Å²) in [5, 5.41) is 20.0. The van der Waals surface area contributed by atoms with E-state index in [1.807, 2.05) is 6.92 Å². The van der Waals surface area contributed by atoms with Crippen LogP contribution in [-0.4, -0.2) is 55.8 Å². The number of carbonyl (C=O) groups excluding carboxylic acids is 1. The number of hydrogen-bond donors (Lipinski definition) is 2. The first-order valence-electron chi connectivity index (χ1n) is 8.92. The van der Waals surface area contributed by atoms with Gasteiger partial charge in [-0.3, -0.25) is 9.89 Å². The van der Waals surface area contributed by atoms with Gasteiger partial charge in [-0.05, 0) is 39.2 Å². The van der Waals surface area contributed by atoms with Crippen molar-refractivity contribution in [1.82, 2.24) is 30.3 Å². The molecule has 1 saturated heterocycles. The molecule has 8 nitrogen and oxygen atoms in total. The number of likely N-dealkylation sites (tertiary alicyclic amines) is 1. The van der Waals surface area contributed by atoms with Gasteiger partial charge < -0.3 is 10.2 Å². The molecule has 1 atom stereocenters. The molecule has 2 fully saturated rings. The highest BCUT2D eigenvalue weighted by Crippen LogP contribution is 2.42. The van der Waals surface area contributed by atoms with Crippen LogP contribution in [0.3, 0.4) is 0 Å². The Morgan fingerprint density at radius 1 is 1.32 bits per heavy atom.